The number of rotatable bonds is 4. The quantitative estimate of drug-likeness (QED) is 0.198. The van der Waals surface area contributed by atoms with Gasteiger partial charge < -0.3 is 18.9 Å². The van der Waals surface area contributed by atoms with Gasteiger partial charge in [0.2, 0.25) is 0 Å². The van der Waals surface area contributed by atoms with Crippen molar-refractivity contribution in [2.24, 2.45) is 0 Å². The van der Waals surface area contributed by atoms with Crippen LogP contribution in [0.5, 0.6) is 0 Å². The summed E-state index contributed by atoms with van der Waals surface area (Å²) in [5, 5.41) is 13.6. The first-order valence-corrected chi connectivity index (χ1v) is 17.5. The van der Waals surface area contributed by atoms with E-state index >= 15 is 0 Å². The maximum atomic E-state index is 6.19. The summed E-state index contributed by atoms with van der Waals surface area (Å²) in [5.41, 5.74) is 12.7. The summed E-state index contributed by atoms with van der Waals surface area (Å²) in [7, 11) is 0. The summed E-state index contributed by atoms with van der Waals surface area (Å²) < 4.78 is 11.0. The van der Waals surface area contributed by atoms with Crippen LogP contribution in [0.15, 0.2) is 168 Å². The minimum absolute atomic E-state index is 0.148. The maximum Gasteiger partial charge on any atom is 0.160 e. The molecule has 1 aliphatic heterocycles. The Bertz CT molecular complexity index is 2950. The van der Waals surface area contributed by atoms with Crippen LogP contribution in [0.2, 0.25) is 0 Å². The normalized spacial score (nSPS) is 14.5. The Morgan fingerprint density at radius 2 is 1.08 bits per heavy atom. The maximum absolute atomic E-state index is 6.19. The standard InChI is InChI=1S/C46H32N4O/c1-2-10-29(11-3-1)30-18-22-33(23-19-30)49-39-15-7-5-13-35(39)38-26-31(21-25-41(38)49)32-20-24-36-34-12-4-8-16-40(34)50(42(36)27-32)46-47-28-44-45(48-46)37-14-6-9-17-43(37)51-44/h1-27,46-48H,28H2. The smallest absolute Gasteiger partial charge is 0.160 e. The zero-order chi connectivity index (χ0) is 33.5. The molecule has 5 heteroatoms. The molecule has 0 spiro atoms. The molecule has 0 fully saturated rings. The monoisotopic (exact) mass is 656 g/mol. The first-order chi connectivity index (χ1) is 25.3. The molecule has 3 aromatic heterocycles. The molecule has 0 bridgehead atoms. The predicted molar refractivity (Wildman–Crippen MR) is 210 cm³/mol. The van der Waals surface area contributed by atoms with E-state index in [0.717, 1.165) is 28.1 Å². The van der Waals surface area contributed by atoms with Crippen LogP contribution < -0.4 is 10.6 Å². The Balaban J connectivity index is 1.04. The molecule has 51 heavy (non-hydrogen) atoms. The van der Waals surface area contributed by atoms with Crippen LogP contribution in [0.4, 0.5) is 5.69 Å². The number of benzene rings is 7. The lowest BCUT2D eigenvalue weighted by Crippen LogP contribution is -2.36. The van der Waals surface area contributed by atoms with Gasteiger partial charge in [0.1, 0.15) is 11.3 Å². The van der Waals surface area contributed by atoms with Crippen LogP contribution in [0, 0.1) is 0 Å². The molecule has 242 valence electrons. The van der Waals surface area contributed by atoms with Gasteiger partial charge in [-0.25, -0.2) is 0 Å². The Morgan fingerprint density at radius 1 is 0.471 bits per heavy atom. The fourth-order valence-electron chi connectivity index (χ4n) is 8.23. The van der Waals surface area contributed by atoms with Gasteiger partial charge in [-0.1, -0.05) is 109 Å². The van der Waals surface area contributed by atoms with E-state index in [2.05, 4.69) is 171 Å². The molecular formula is C46H32N4O. The second kappa shape index (κ2) is 11.0. The van der Waals surface area contributed by atoms with Crippen molar-refractivity contribution in [3.05, 3.63) is 170 Å². The van der Waals surface area contributed by atoms with Crippen molar-refractivity contribution in [3.63, 3.8) is 0 Å². The molecule has 0 radical (unpaired) electrons. The minimum Gasteiger partial charge on any atom is -0.457 e. The minimum atomic E-state index is -0.148. The van der Waals surface area contributed by atoms with E-state index in [0.29, 0.717) is 6.54 Å². The van der Waals surface area contributed by atoms with Crippen molar-refractivity contribution in [2.75, 3.05) is 5.32 Å². The number of hydrogen-bond donors (Lipinski definition) is 2. The summed E-state index contributed by atoms with van der Waals surface area (Å²) in [4.78, 5) is 0. The lowest BCUT2D eigenvalue weighted by atomic mass is 10.0. The molecule has 0 saturated heterocycles. The van der Waals surface area contributed by atoms with Crippen molar-refractivity contribution in [2.45, 2.75) is 12.8 Å². The molecule has 0 amide bonds. The van der Waals surface area contributed by atoms with Crippen LogP contribution in [-0.2, 0) is 6.54 Å². The number of furan rings is 1. The third-order valence-corrected chi connectivity index (χ3v) is 10.6. The van der Waals surface area contributed by atoms with Crippen molar-refractivity contribution >= 4 is 60.3 Å². The van der Waals surface area contributed by atoms with Gasteiger partial charge in [0.15, 0.2) is 6.29 Å². The van der Waals surface area contributed by atoms with E-state index in [1.807, 2.05) is 12.1 Å². The number of anilines is 1. The molecule has 0 aliphatic carbocycles. The van der Waals surface area contributed by atoms with Crippen LogP contribution in [-0.4, -0.2) is 9.13 Å². The second-order valence-corrected chi connectivity index (χ2v) is 13.4. The SMILES string of the molecule is c1ccc(-c2ccc(-n3c4ccccc4c4cc(-c5ccc6c7ccccc7n(C7NCc8oc9ccccc9c8N7)c6c5)ccc43)cc2)cc1. The third kappa shape index (κ3) is 4.32. The average Bonchev–Trinajstić information content (AvgIpc) is 3.85. The van der Waals surface area contributed by atoms with Gasteiger partial charge in [-0.15, -0.1) is 0 Å². The van der Waals surface area contributed by atoms with Crippen LogP contribution in [0.3, 0.4) is 0 Å². The number of para-hydroxylation sites is 3. The molecule has 10 aromatic rings. The van der Waals surface area contributed by atoms with Crippen molar-refractivity contribution in [1.29, 1.82) is 0 Å². The number of hydrogen-bond acceptors (Lipinski definition) is 3. The highest BCUT2D eigenvalue weighted by Crippen LogP contribution is 2.40. The van der Waals surface area contributed by atoms with E-state index in [1.165, 1.54) is 65.9 Å². The number of fused-ring (bicyclic) bond motifs is 9. The first kappa shape index (κ1) is 28.3. The Hall–Kier alpha value is -6.56. The van der Waals surface area contributed by atoms with Gasteiger partial charge in [-0.3, -0.25) is 5.32 Å². The predicted octanol–water partition coefficient (Wildman–Crippen LogP) is 11.6. The Kier molecular flexibility index (Phi) is 6.09. The van der Waals surface area contributed by atoms with Gasteiger partial charge in [0.05, 0.1) is 34.3 Å². The zero-order valence-electron chi connectivity index (χ0n) is 27.7. The van der Waals surface area contributed by atoms with E-state index in [9.17, 15) is 0 Å². The summed E-state index contributed by atoms with van der Waals surface area (Å²) in [6.07, 6.45) is -0.148. The van der Waals surface area contributed by atoms with Crippen molar-refractivity contribution < 1.29 is 4.42 Å². The van der Waals surface area contributed by atoms with Crippen LogP contribution in [0.25, 0.3) is 82.5 Å². The van der Waals surface area contributed by atoms with Gasteiger partial charge in [0, 0.05) is 32.6 Å². The highest BCUT2D eigenvalue weighted by Gasteiger charge is 2.26. The molecule has 1 aliphatic rings. The molecule has 1 atom stereocenters. The molecule has 1 unspecified atom stereocenters. The molecule has 0 saturated carbocycles. The second-order valence-electron chi connectivity index (χ2n) is 13.4. The third-order valence-electron chi connectivity index (χ3n) is 10.6. The number of nitrogens with zero attached hydrogens (tertiary/aromatic N) is 2. The van der Waals surface area contributed by atoms with Gasteiger partial charge >= 0.3 is 0 Å². The van der Waals surface area contributed by atoms with Crippen LogP contribution in [0.1, 0.15) is 12.0 Å². The largest absolute Gasteiger partial charge is 0.457 e. The molecule has 5 nitrogen and oxygen atoms in total. The molecule has 7 aromatic carbocycles. The number of aromatic nitrogens is 2. The lowest BCUT2D eigenvalue weighted by molar-refractivity contribution is 0.410. The summed E-state index contributed by atoms with van der Waals surface area (Å²) in [6, 6.07) is 59.0. The zero-order valence-corrected chi connectivity index (χ0v) is 27.7. The van der Waals surface area contributed by atoms with Gasteiger partial charge in [-0.05, 0) is 76.9 Å². The molecule has 11 rings (SSSR count). The summed E-state index contributed by atoms with van der Waals surface area (Å²) in [5.74, 6) is 0.938. The van der Waals surface area contributed by atoms with E-state index in [-0.39, 0.29) is 6.29 Å². The topological polar surface area (TPSA) is 47.1 Å². The van der Waals surface area contributed by atoms with E-state index in [4.69, 9.17) is 4.42 Å². The van der Waals surface area contributed by atoms with Gasteiger partial charge in [-0.2, -0.15) is 0 Å². The Labute approximate surface area is 294 Å². The average molecular weight is 657 g/mol. The lowest BCUT2D eigenvalue weighted by Gasteiger charge is -2.28. The fraction of sp³-hybridized carbons (Fsp3) is 0.0435. The Morgan fingerprint density at radius 3 is 1.92 bits per heavy atom. The number of nitrogens with one attached hydrogen (secondary N) is 2. The van der Waals surface area contributed by atoms with E-state index in [1.54, 1.807) is 0 Å². The molecule has 2 N–H and O–H groups in total. The van der Waals surface area contributed by atoms with Gasteiger partial charge in [0.25, 0.3) is 0 Å². The van der Waals surface area contributed by atoms with E-state index < -0.39 is 0 Å². The highest BCUT2D eigenvalue weighted by atomic mass is 16.3. The fourth-order valence-corrected chi connectivity index (χ4v) is 8.23. The van der Waals surface area contributed by atoms with Crippen molar-refractivity contribution in [1.82, 2.24) is 14.5 Å². The highest BCUT2D eigenvalue weighted by molar-refractivity contribution is 6.12. The summed E-state index contributed by atoms with van der Waals surface area (Å²) >= 11 is 0. The molecular weight excluding hydrogens is 625 g/mol. The first-order valence-electron chi connectivity index (χ1n) is 17.5. The molecule has 4 heterocycles. The van der Waals surface area contributed by atoms with Crippen molar-refractivity contribution in [3.8, 4) is 27.9 Å². The summed E-state index contributed by atoms with van der Waals surface area (Å²) in [6.45, 7) is 0.644. The van der Waals surface area contributed by atoms with Crippen LogP contribution >= 0.6 is 0 Å².